The van der Waals surface area contributed by atoms with Crippen LogP contribution in [0, 0.1) is 5.92 Å². The number of pyridine rings is 1. The molecule has 0 radical (unpaired) electrons. The van der Waals surface area contributed by atoms with Crippen molar-refractivity contribution < 1.29 is 4.55 Å². The minimum Gasteiger partial charge on any atom is -0.591 e. The van der Waals surface area contributed by atoms with Crippen LogP contribution in [0.2, 0.25) is 0 Å². The van der Waals surface area contributed by atoms with Crippen LogP contribution in [0.25, 0.3) is 0 Å². The topological polar surface area (TPSA) is 48.3 Å². The van der Waals surface area contributed by atoms with E-state index in [9.17, 15) is 4.55 Å². The van der Waals surface area contributed by atoms with Gasteiger partial charge in [-0.3, -0.25) is 4.98 Å². The molecule has 1 saturated carbocycles. The molecule has 0 bridgehead atoms. The second-order valence-corrected chi connectivity index (χ2v) is 8.03. The number of hydrogen-bond acceptors (Lipinski definition) is 3. The predicted octanol–water partition coefficient (Wildman–Crippen LogP) is 3.52. The molecule has 1 aliphatic rings. The number of rotatable bonds is 5. The lowest BCUT2D eigenvalue weighted by Crippen LogP contribution is -2.27. The van der Waals surface area contributed by atoms with Gasteiger partial charge in [-0.25, -0.2) is 0 Å². The summed E-state index contributed by atoms with van der Waals surface area (Å²) in [6.45, 7) is 5.86. The highest BCUT2D eigenvalue weighted by atomic mass is 32.2. The van der Waals surface area contributed by atoms with Gasteiger partial charge in [0, 0.05) is 18.0 Å². The summed E-state index contributed by atoms with van der Waals surface area (Å²) in [6.07, 6.45) is 8.28. The first-order valence-electron chi connectivity index (χ1n) is 6.87. The van der Waals surface area contributed by atoms with Crippen molar-refractivity contribution in [2.45, 2.75) is 51.2 Å². The largest absolute Gasteiger partial charge is 0.591 e. The molecule has 1 fully saturated rings. The van der Waals surface area contributed by atoms with Gasteiger partial charge in [0.15, 0.2) is 0 Å². The number of hydrogen-bond donors (Lipinski definition) is 0. The molecule has 0 amide bonds. The molecule has 3 nitrogen and oxygen atoms in total. The van der Waals surface area contributed by atoms with Gasteiger partial charge in [-0.15, -0.1) is 0 Å². The van der Waals surface area contributed by atoms with E-state index in [4.69, 9.17) is 0 Å². The molecule has 1 heterocycles. The Bertz CT molecular complexity index is 435. The maximum atomic E-state index is 12.2. The fourth-order valence-electron chi connectivity index (χ4n) is 1.76. The summed E-state index contributed by atoms with van der Waals surface area (Å²) in [5.41, 5.74) is 1.94. The van der Waals surface area contributed by atoms with Gasteiger partial charge in [0.05, 0.1) is 0 Å². The second-order valence-electron chi connectivity index (χ2n) is 6.12. The molecule has 0 aliphatic heterocycles. The van der Waals surface area contributed by atoms with Gasteiger partial charge in [0.25, 0.3) is 0 Å². The van der Waals surface area contributed by atoms with Gasteiger partial charge in [-0.1, -0.05) is 17.2 Å². The molecule has 0 spiro atoms. The quantitative estimate of drug-likeness (QED) is 0.611. The zero-order valence-corrected chi connectivity index (χ0v) is 12.7. The summed E-state index contributed by atoms with van der Waals surface area (Å²) in [6, 6.07) is 3.90. The van der Waals surface area contributed by atoms with Gasteiger partial charge in [-0.2, -0.15) is 0 Å². The second kappa shape index (κ2) is 6.06. The average molecular weight is 278 g/mol. The Morgan fingerprint density at radius 2 is 2.21 bits per heavy atom. The van der Waals surface area contributed by atoms with Crippen LogP contribution in [-0.2, 0) is 11.4 Å². The van der Waals surface area contributed by atoms with E-state index in [0.29, 0.717) is 0 Å². The molecule has 1 unspecified atom stereocenters. The van der Waals surface area contributed by atoms with Crippen molar-refractivity contribution in [2.24, 2.45) is 10.3 Å². The number of aromatic nitrogens is 1. The maximum absolute atomic E-state index is 12.2. The molecular formula is C15H22N2OS. The molecule has 104 valence electrons. The number of nitrogens with zero attached hydrogens (tertiary/aromatic N) is 2. The Labute approximate surface area is 118 Å². The van der Waals surface area contributed by atoms with Crippen molar-refractivity contribution in [2.75, 3.05) is 0 Å². The highest BCUT2D eigenvalue weighted by Gasteiger charge is 2.28. The lowest BCUT2D eigenvalue weighted by molar-refractivity contribution is 0.561. The Balaban J connectivity index is 2.15. The summed E-state index contributed by atoms with van der Waals surface area (Å²) in [5, 5.41) is 0. The zero-order valence-electron chi connectivity index (χ0n) is 11.9. The highest BCUT2D eigenvalue weighted by Crippen LogP contribution is 2.34. The van der Waals surface area contributed by atoms with Gasteiger partial charge in [0.1, 0.15) is 21.8 Å². The monoisotopic (exact) mass is 278 g/mol. The minimum atomic E-state index is -1.20. The van der Waals surface area contributed by atoms with Crippen LogP contribution in [0.4, 0.5) is 0 Å². The van der Waals surface area contributed by atoms with E-state index < -0.39 is 11.4 Å². The van der Waals surface area contributed by atoms with E-state index in [1.807, 2.05) is 39.1 Å². The lowest BCUT2D eigenvalue weighted by atomic mass is 10.1. The summed E-state index contributed by atoms with van der Waals surface area (Å²) in [5.74, 6) is 0.852. The van der Waals surface area contributed by atoms with E-state index in [1.165, 1.54) is 12.8 Å². The van der Waals surface area contributed by atoms with Crippen molar-refractivity contribution in [1.29, 1.82) is 0 Å². The molecule has 0 saturated heterocycles. The van der Waals surface area contributed by atoms with Crippen molar-refractivity contribution in [3.05, 3.63) is 30.1 Å². The molecular weight excluding hydrogens is 256 g/mol. The molecule has 19 heavy (non-hydrogen) atoms. The molecule has 4 heteroatoms. The lowest BCUT2D eigenvalue weighted by Gasteiger charge is -2.19. The Morgan fingerprint density at radius 1 is 1.47 bits per heavy atom. The van der Waals surface area contributed by atoms with Crippen molar-refractivity contribution in [3.8, 4) is 0 Å². The van der Waals surface area contributed by atoms with Crippen LogP contribution in [0.1, 0.15) is 52.0 Å². The Hall–Kier alpha value is -0.870. The van der Waals surface area contributed by atoms with Gasteiger partial charge >= 0.3 is 0 Å². The van der Waals surface area contributed by atoms with Crippen LogP contribution >= 0.6 is 0 Å². The minimum absolute atomic E-state index is 0.312. The standard InChI is InChI=1S/C15H22N2OS/c1-15(2,3)19(18)17-14(9-8-12-6-7-12)13-5-4-10-16-11-13/h4-5,10-12H,6-9H2,1-3H3. The van der Waals surface area contributed by atoms with Crippen molar-refractivity contribution in [3.63, 3.8) is 0 Å². The van der Waals surface area contributed by atoms with Gasteiger partial charge < -0.3 is 4.55 Å². The molecule has 1 aromatic rings. The Morgan fingerprint density at radius 3 is 2.74 bits per heavy atom. The first kappa shape index (κ1) is 14.5. The predicted molar refractivity (Wildman–Crippen MR) is 80.6 cm³/mol. The van der Waals surface area contributed by atoms with Crippen LogP contribution in [-0.4, -0.2) is 20.0 Å². The summed E-state index contributed by atoms with van der Waals surface area (Å²) < 4.78 is 16.4. The normalized spacial score (nSPS) is 18.4. The molecule has 1 aromatic heterocycles. The zero-order chi connectivity index (χ0) is 13.9. The third kappa shape index (κ3) is 4.62. The van der Waals surface area contributed by atoms with E-state index in [0.717, 1.165) is 30.0 Å². The van der Waals surface area contributed by atoms with E-state index in [2.05, 4.69) is 9.38 Å². The SMILES string of the molecule is CC(C)(C)[S+]([O-])N=C(CCC1CC1)c1cccnc1. The first-order chi connectivity index (χ1) is 8.97. The molecule has 1 atom stereocenters. The molecule has 0 aromatic carbocycles. The van der Waals surface area contributed by atoms with Crippen LogP contribution in [0.3, 0.4) is 0 Å². The van der Waals surface area contributed by atoms with Crippen molar-refractivity contribution >= 4 is 17.1 Å². The van der Waals surface area contributed by atoms with Crippen LogP contribution in [0.5, 0.6) is 0 Å². The van der Waals surface area contributed by atoms with E-state index in [1.54, 1.807) is 6.20 Å². The summed E-state index contributed by atoms with van der Waals surface area (Å²) in [4.78, 5) is 4.14. The van der Waals surface area contributed by atoms with Crippen LogP contribution in [0.15, 0.2) is 28.9 Å². The third-order valence-electron chi connectivity index (χ3n) is 3.20. The third-order valence-corrected chi connectivity index (χ3v) is 4.63. The fraction of sp³-hybridized carbons (Fsp3) is 0.600. The fourth-order valence-corrected chi connectivity index (χ4v) is 2.43. The van der Waals surface area contributed by atoms with E-state index in [-0.39, 0.29) is 4.75 Å². The van der Waals surface area contributed by atoms with Gasteiger partial charge in [0.2, 0.25) is 0 Å². The molecule has 0 N–H and O–H groups in total. The first-order valence-corrected chi connectivity index (χ1v) is 7.97. The maximum Gasteiger partial charge on any atom is 0.144 e. The molecule has 1 aliphatic carbocycles. The smallest absolute Gasteiger partial charge is 0.144 e. The highest BCUT2D eigenvalue weighted by molar-refractivity contribution is 7.91. The van der Waals surface area contributed by atoms with Gasteiger partial charge in [-0.05, 0) is 51.7 Å². The Kier molecular flexibility index (Phi) is 4.63. The molecule has 2 rings (SSSR count). The van der Waals surface area contributed by atoms with E-state index >= 15 is 0 Å². The van der Waals surface area contributed by atoms with Crippen LogP contribution < -0.4 is 0 Å². The van der Waals surface area contributed by atoms with Crippen molar-refractivity contribution in [1.82, 2.24) is 4.98 Å². The summed E-state index contributed by atoms with van der Waals surface area (Å²) in [7, 11) is 0. The summed E-state index contributed by atoms with van der Waals surface area (Å²) >= 11 is -1.20. The average Bonchev–Trinajstić information content (AvgIpc) is 3.18.